The molecule has 1 aliphatic rings. The minimum atomic E-state index is -0.0345. The van der Waals surface area contributed by atoms with Crippen molar-refractivity contribution in [2.75, 3.05) is 32.8 Å². The number of carbonyl (C=O) groups is 1. The summed E-state index contributed by atoms with van der Waals surface area (Å²) in [5, 5.41) is 3.18. The topological polar surface area (TPSA) is 41.6 Å². The third-order valence-electron chi connectivity index (χ3n) is 4.09. The first kappa shape index (κ1) is 15.7. The van der Waals surface area contributed by atoms with Crippen molar-refractivity contribution in [1.29, 1.82) is 0 Å². The van der Waals surface area contributed by atoms with Gasteiger partial charge in [-0.2, -0.15) is 0 Å². The highest BCUT2D eigenvalue weighted by Gasteiger charge is 2.20. The zero-order chi connectivity index (χ0) is 15.9. The van der Waals surface area contributed by atoms with Crippen molar-refractivity contribution >= 4 is 5.91 Å². The lowest BCUT2D eigenvalue weighted by Crippen LogP contribution is -2.43. The number of hydrogen-bond acceptors (Lipinski definition) is 3. The number of rotatable bonds is 5. The molecular weight excluding hydrogens is 288 g/mol. The van der Waals surface area contributed by atoms with Crippen LogP contribution < -0.4 is 5.32 Å². The van der Waals surface area contributed by atoms with Gasteiger partial charge in [-0.25, -0.2) is 0 Å². The summed E-state index contributed by atoms with van der Waals surface area (Å²) in [6, 6.07) is 19.5. The summed E-state index contributed by atoms with van der Waals surface area (Å²) in [5.74, 6) is -0.0345. The Kier molecular flexibility index (Phi) is 5.40. The first-order chi connectivity index (χ1) is 11.3. The lowest BCUT2D eigenvalue weighted by Gasteiger charge is -2.31. The predicted molar refractivity (Wildman–Crippen MR) is 90.4 cm³/mol. The number of carbonyl (C=O) groups excluding carboxylic acids is 1. The van der Waals surface area contributed by atoms with Crippen LogP contribution in [0.1, 0.15) is 22.0 Å². The highest BCUT2D eigenvalue weighted by Crippen LogP contribution is 2.16. The number of nitrogens with zero attached hydrogens (tertiary/aromatic N) is 1. The molecule has 4 nitrogen and oxygen atoms in total. The summed E-state index contributed by atoms with van der Waals surface area (Å²) in [7, 11) is 0. The Balaban J connectivity index is 1.73. The van der Waals surface area contributed by atoms with Gasteiger partial charge in [-0.1, -0.05) is 48.5 Å². The fourth-order valence-corrected chi connectivity index (χ4v) is 2.79. The Morgan fingerprint density at radius 2 is 1.61 bits per heavy atom. The zero-order valence-corrected chi connectivity index (χ0v) is 13.2. The number of benzene rings is 2. The van der Waals surface area contributed by atoms with Crippen molar-refractivity contribution in [3.63, 3.8) is 0 Å². The smallest absolute Gasteiger partial charge is 0.251 e. The van der Waals surface area contributed by atoms with E-state index < -0.39 is 0 Å². The molecule has 2 aromatic rings. The van der Waals surface area contributed by atoms with E-state index in [1.807, 2.05) is 48.5 Å². The molecule has 0 aliphatic carbocycles. The second-order valence-electron chi connectivity index (χ2n) is 5.72. The van der Waals surface area contributed by atoms with Crippen molar-refractivity contribution in [2.45, 2.75) is 6.04 Å². The molecule has 0 saturated carbocycles. The molecule has 3 rings (SSSR count). The summed E-state index contributed by atoms with van der Waals surface area (Å²) in [6.45, 7) is 4.13. The normalized spacial score (nSPS) is 16.7. The molecule has 1 heterocycles. The minimum absolute atomic E-state index is 0.0259. The Labute approximate surface area is 137 Å². The molecular formula is C19H22N2O2. The molecule has 0 unspecified atom stereocenters. The lowest BCUT2D eigenvalue weighted by atomic mass is 10.1. The van der Waals surface area contributed by atoms with Gasteiger partial charge < -0.3 is 10.1 Å². The van der Waals surface area contributed by atoms with Crippen molar-refractivity contribution in [3.05, 3.63) is 71.8 Å². The number of nitrogens with one attached hydrogen (secondary N) is 1. The van der Waals surface area contributed by atoms with Crippen LogP contribution >= 0.6 is 0 Å². The summed E-state index contributed by atoms with van der Waals surface area (Å²) < 4.78 is 5.41. The van der Waals surface area contributed by atoms with Crippen molar-refractivity contribution in [2.24, 2.45) is 0 Å². The van der Waals surface area contributed by atoms with E-state index in [0.29, 0.717) is 5.56 Å². The van der Waals surface area contributed by atoms with Gasteiger partial charge in [0.15, 0.2) is 0 Å². The second kappa shape index (κ2) is 7.90. The number of amides is 1. The molecule has 1 N–H and O–H groups in total. The fourth-order valence-electron chi connectivity index (χ4n) is 2.79. The molecule has 120 valence electrons. The summed E-state index contributed by atoms with van der Waals surface area (Å²) in [6.07, 6.45) is 0. The average Bonchev–Trinajstić information content (AvgIpc) is 2.63. The van der Waals surface area contributed by atoms with Crippen LogP contribution in [-0.4, -0.2) is 43.7 Å². The van der Waals surface area contributed by atoms with Crippen LogP contribution in [-0.2, 0) is 4.74 Å². The Morgan fingerprint density at radius 3 is 2.26 bits per heavy atom. The Bertz CT molecular complexity index is 610. The van der Waals surface area contributed by atoms with E-state index in [9.17, 15) is 4.79 Å². The van der Waals surface area contributed by atoms with E-state index in [1.54, 1.807) is 0 Å². The van der Waals surface area contributed by atoms with Crippen LogP contribution in [0.4, 0.5) is 0 Å². The third-order valence-corrected chi connectivity index (χ3v) is 4.09. The van der Waals surface area contributed by atoms with E-state index in [-0.39, 0.29) is 11.9 Å². The van der Waals surface area contributed by atoms with Gasteiger partial charge in [0.1, 0.15) is 0 Å². The molecule has 1 atom stereocenters. The van der Waals surface area contributed by atoms with Crippen LogP contribution in [0.5, 0.6) is 0 Å². The van der Waals surface area contributed by atoms with E-state index in [1.165, 1.54) is 0 Å². The molecule has 23 heavy (non-hydrogen) atoms. The van der Waals surface area contributed by atoms with Crippen LogP contribution in [0.25, 0.3) is 0 Å². The average molecular weight is 310 g/mol. The highest BCUT2D eigenvalue weighted by molar-refractivity contribution is 5.94. The number of hydrogen-bond donors (Lipinski definition) is 1. The molecule has 1 amide bonds. The van der Waals surface area contributed by atoms with Gasteiger partial charge >= 0.3 is 0 Å². The molecule has 4 heteroatoms. The molecule has 1 aliphatic heterocycles. The predicted octanol–water partition coefficient (Wildman–Crippen LogP) is 2.49. The van der Waals surface area contributed by atoms with Gasteiger partial charge in [-0.15, -0.1) is 0 Å². The van der Waals surface area contributed by atoms with Gasteiger partial charge in [0, 0.05) is 25.2 Å². The number of morpholine rings is 1. The van der Waals surface area contributed by atoms with Crippen molar-refractivity contribution < 1.29 is 9.53 Å². The van der Waals surface area contributed by atoms with Gasteiger partial charge in [-0.05, 0) is 17.7 Å². The first-order valence-electron chi connectivity index (χ1n) is 8.04. The molecule has 1 saturated heterocycles. The SMILES string of the molecule is O=C(N[C@@H](CN1CCOCC1)c1ccccc1)c1ccccc1. The lowest BCUT2D eigenvalue weighted by molar-refractivity contribution is 0.0332. The largest absolute Gasteiger partial charge is 0.379 e. The van der Waals surface area contributed by atoms with Gasteiger partial charge in [0.2, 0.25) is 0 Å². The molecule has 1 fully saturated rings. The third kappa shape index (κ3) is 4.41. The van der Waals surface area contributed by atoms with E-state index in [2.05, 4.69) is 22.3 Å². The van der Waals surface area contributed by atoms with Gasteiger partial charge in [-0.3, -0.25) is 9.69 Å². The molecule has 2 aromatic carbocycles. The molecule has 0 bridgehead atoms. The number of ether oxygens (including phenoxy) is 1. The van der Waals surface area contributed by atoms with Crippen LogP contribution in [0.15, 0.2) is 60.7 Å². The quantitative estimate of drug-likeness (QED) is 0.922. The van der Waals surface area contributed by atoms with E-state index in [0.717, 1.165) is 38.4 Å². The van der Waals surface area contributed by atoms with Gasteiger partial charge in [0.25, 0.3) is 5.91 Å². The maximum absolute atomic E-state index is 12.5. The summed E-state index contributed by atoms with van der Waals surface area (Å²) in [4.78, 5) is 14.9. The van der Waals surface area contributed by atoms with Crippen LogP contribution in [0, 0.1) is 0 Å². The van der Waals surface area contributed by atoms with Crippen LogP contribution in [0.3, 0.4) is 0 Å². The van der Waals surface area contributed by atoms with E-state index >= 15 is 0 Å². The van der Waals surface area contributed by atoms with Gasteiger partial charge in [0.05, 0.1) is 19.3 Å². The fraction of sp³-hybridized carbons (Fsp3) is 0.316. The monoisotopic (exact) mass is 310 g/mol. The van der Waals surface area contributed by atoms with Crippen LogP contribution in [0.2, 0.25) is 0 Å². The van der Waals surface area contributed by atoms with Crippen molar-refractivity contribution in [3.8, 4) is 0 Å². The van der Waals surface area contributed by atoms with E-state index in [4.69, 9.17) is 4.74 Å². The second-order valence-corrected chi connectivity index (χ2v) is 5.72. The zero-order valence-electron chi connectivity index (χ0n) is 13.2. The summed E-state index contributed by atoms with van der Waals surface area (Å²) >= 11 is 0. The summed E-state index contributed by atoms with van der Waals surface area (Å²) in [5.41, 5.74) is 1.82. The molecule has 0 spiro atoms. The maximum Gasteiger partial charge on any atom is 0.251 e. The minimum Gasteiger partial charge on any atom is -0.379 e. The Morgan fingerprint density at radius 1 is 1.00 bits per heavy atom. The first-order valence-corrected chi connectivity index (χ1v) is 8.04. The molecule has 0 aromatic heterocycles. The standard InChI is InChI=1S/C19H22N2O2/c22-19(17-9-5-2-6-10-17)20-18(16-7-3-1-4-8-16)15-21-11-13-23-14-12-21/h1-10,18H,11-15H2,(H,20,22)/t18-/m0/s1. The Hall–Kier alpha value is -2.17. The highest BCUT2D eigenvalue weighted by atomic mass is 16.5. The molecule has 0 radical (unpaired) electrons. The maximum atomic E-state index is 12.5. The van der Waals surface area contributed by atoms with Crippen molar-refractivity contribution in [1.82, 2.24) is 10.2 Å².